The van der Waals surface area contributed by atoms with E-state index in [0.29, 0.717) is 28.3 Å². The van der Waals surface area contributed by atoms with Gasteiger partial charge in [0.2, 0.25) is 5.88 Å². The minimum Gasteiger partial charge on any atom is -0.439 e. The molecule has 1 heterocycles. The van der Waals surface area contributed by atoms with Gasteiger partial charge in [-0.05, 0) is 30.3 Å². The van der Waals surface area contributed by atoms with Crippen LogP contribution in [0.4, 0.5) is 0 Å². The highest BCUT2D eigenvalue weighted by atomic mass is 16.5. The van der Waals surface area contributed by atoms with Crippen LogP contribution in [0.1, 0.15) is 11.1 Å². The second kappa shape index (κ2) is 5.32. The summed E-state index contributed by atoms with van der Waals surface area (Å²) in [4.78, 5) is 4.38. The second-order valence-electron chi connectivity index (χ2n) is 4.38. The summed E-state index contributed by atoms with van der Waals surface area (Å²) in [5, 5.41) is 18.8. The first-order valence-corrected chi connectivity index (χ1v) is 6.28. The van der Waals surface area contributed by atoms with Crippen LogP contribution < -0.4 is 4.74 Å². The van der Waals surface area contributed by atoms with E-state index >= 15 is 0 Å². The number of nitriles is 2. The van der Waals surface area contributed by atoms with E-state index in [1.54, 1.807) is 30.3 Å². The van der Waals surface area contributed by atoms with Gasteiger partial charge >= 0.3 is 0 Å². The number of hydrogen-bond donors (Lipinski definition) is 0. The molecular formula is C17H9N3O. The molecule has 0 unspecified atom stereocenters. The minimum atomic E-state index is 0.356. The quantitative estimate of drug-likeness (QED) is 0.711. The molecule has 0 N–H and O–H groups in total. The molecule has 0 spiro atoms. The Morgan fingerprint density at radius 2 is 1.67 bits per heavy atom. The minimum absolute atomic E-state index is 0.356. The average Bonchev–Trinajstić information content (AvgIpc) is 2.55. The van der Waals surface area contributed by atoms with Crippen molar-refractivity contribution in [2.45, 2.75) is 0 Å². The summed E-state index contributed by atoms with van der Waals surface area (Å²) < 4.78 is 5.66. The fourth-order valence-corrected chi connectivity index (χ4v) is 2.01. The van der Waals surface area contributed by atoms with Crippen molar-refractivity contribution >= 4 is 10.9 Å². The Morgan fingerprint density at radius 3 is 2.38 bits per heavy atom. The van der Waals surface area contributed by atoms with Crippen LogP contribution in [0.5, 0.6) is 11.6 Å². The molecule has 0 aliphatic heterocycles. The van der Waals surface area contributed by atoms with Gasteiger partial charge in [-0.15, -0.1) is 0 Å². The third-order valence-electron chi connectivity index (χ3n) is 3.02. The fourth-order valence-electron chi connectivity index (χ4n) is 2.01. The van der Waals surface area contributed by atoms with Crippen molar-refractivity contribution in [3.63, 3.8) is 0 Å². The Balaban J connectivity index is 2.01. The fraction of sp³-hybridized carbons (Fsp3) is 0. The summed E-state index contributed by atoms with van der Waals surface area (Å²) in [7, 11) is 0. The monoisotopic (exact) mass is 271 g/mol. The van der Waals surface area contributed by atoms with Crippen LogP contribution in [0, 0.1) is 22.7 Å². The highest BCUT2D eigenvalue weighted by Gasteiger charge is 2.07. The highest BCUT2D eigenvalue weighted by Crippen LogP contribution is 2.25. The van der Waals surface area contributed by atoms with Gasteiger partial charge in [0.25, 0.3) is 0 Å². The molecule has 0 aliphatic carbocycles. The van der Waals surface area contributed by atoms with E-state index in [0.717, 1.165) is 5.39 Å². The largest absolute Gasteiger partial charge is 0.439 e. The third kappa shape index (κ3) is 2.51. The molecule has 0 bridgehead atoms. The van der Waals surface area contributed by atoms with Gasteiger partial charge in [0.05, 0.1) is 22.7 Å². The van der Waals surface area contributed by atoms with Gasteiger partial charge < -0.3 is 4.74 Å². The zero-order chi connectivity index (χ0) is 14.7. The normalized spacial score (nSPS) is 9.81. The lowest BCUT2D eigenvalue weighted by molar-refractivity contribution is 0.465. The van der Waals surface area contributed by atoms with E-state index in [4.69, 9.17) is 10.00 Å². The first kappa shape index (κ1) is 12.7. The maximum absolute atomic E-state index is 9.23. The second-order valence-corrected chi connectivity index (χ2v) is 4.38. The first-order valence-electron chi connectivity index (χ1n) is 6.28. The lowest BCUT2D eigenvalue weighted by Crippen LogP contribution is -1.91. The van der Waals surface area contributed by atoms with Gasteiger partial charge in [0.1, 0.15) is 11.8 Å². The Kier molecular flexibility index (Phi) is 3.21. The van der Waals surface area contributed by atoms with Crippen molar-refractivity contribution in [3.05, 3.63) is 65.7 Å². The van der Waals surface area contributed by atoms with Crippen LogP contribution in [-0.4, -0.2) is 4.98 Å². The number of pyridine rings is 1. The summed E-state index contributed by atoms with van der Waals surface area (Å²) in [6.07, 6.45) is 0. The topological polar surface area (TPSA) is 69.7 Å². The van der Waals surface area contributed by atoms with Crippen LogP contribution >= 0.6 is 0 Å². The van der Waals surface area contributed by atoms with E-state index in [9.17, 15) is 5.26 Å². The molecule has 3 aromatic rings. The van der Waals surface area contributed by atoms with Crippen LogP contribution in [0.15, 0.2) is 54.6 Å². The maximum Gasteiger partial charge on any atom is 0.221 e. The van der Waals surface area contributed by atoms with Crippen molar-refractivity contribution in [2.24, 2.45) is 0 Å². The lowest BCUT2D eigenvalue weighted by atomic mass is 10.1. The molecule has 0 amide bonds. The molecule has 0 saturated carbocycles. The SMILES string of the molecule is N#Cc1ccc(Oc2cc(C#N)c3ccccc3n2)cc1. The molecule has 21 heavy (non-hydrogen) atoms. The lowest BCUT2D eigenvalue weighted by Gasteiger charge is -2.07. The number of rotatable bonds is 2. The molecule has 3 rings (SSSR count). The number of benzene rings is 2. The number of ether oxygens (including phenoxy) is 1. The standard InChI is InChI=1S/C17H9N3O/c18-10-12-5-7-14(8-6-12)21-17-9-13(11-19)15-3-1-2-4-16(15)20-17/h1-9H. The van der Waals surface area contributed by atoms with Crippen LogP contribution in [0.25, 0.3) is 10.9 Å². The van der Waals surface area contributed by atoms with Gasteiger partial charge in [-0.3, -0.25) is 0 Å². The van der Waals surface area contributed by atoms with Crippen molar-refractivity contribution in [2.75, 3.05) is 0 Å². The van der Waals surface area contributed by atoms with Crippen LogP contribution in [0.3, 0.4) is 0 Å². The molecule has 4 nitrogen and oxygen atoms in total. The van der Waals surface area contributed by atoms with Gasteiger partial charge in [-0.2, -0.15) is 10.5 Å². The molecular weight excluding hydrogens is 262 g/mol. The predicted octanol–water partition coefficient (Wildman–Crippen LogP) is 3.77. The van der Waals surface area contributed by atoms with Crippen molar-refractivity contribution in [1.82, 2.24) is 4.98 Å². The number of fused-ring (bicyclic) bond motifs is 1. The summed E-state index contributed by atoms with van der Waals surface area (Å²) in [5.74, 6) is 0.927. The number of hydrogen-bond acceptors (Lipinski definition) is 4. The smallest absolute Gasteiger partial charge is 0.221 e. The van der Waals surface area contributed by atoms with E-state index < -0.39 is 0 Å². The predicted molar refractivity (Wildman–Crippen MR) is 77.7 cm³/mol. The Hall–Kier alpha value is -3.37. The zero-order valence-electron chi connectivity index (χ0n) is 10.9. The molecule has 0 atom stereocenters. The number of para-hydroxylation sites is 1. The zero-order valence-corrected chi connectivity index (χ0v) is 10.9. The number of aromatic nitrogens is 1. The third-order valence-corrected chi connectivity index (χ3v) is 3.02. The van der Waals surface area contributed by atoms with Crippen LogP contribution in [0.2, 0.25) is 0 Å². The van der Waals surface area contributed by atoms with Crippen LogP contribution in [-0.2, 0) is 0 Å². The van der Waals surface area contributed by atoms with E-state index in [1.807, 2.05) is 30.3 Å². The molecule has 2 aromatic carbocycles. The molecule has 0 radical (unpaired) electrons. The summed E-state index contributed by atoms with van der Waals surface area (Å²) in [5.41, 5.74) is 1.79. The van der Waals surface area contributed by atoms with Crippen molar-refractivity contribution in [1.29, 1.82) is 10.5 Å². The average molecular weight is 271 g/mol. The maximum atomic E-state index is 9.23. The molecule has 98 valence electrons. The van der Waals surface area contributed by atoms with Gasteiger partial charge in [-0.25, -0.2) is 4.98 Å². The van der Waals surface area contributed by atoms with Crippen molar-refractivity contribution in [3.8, 4) is 23.8 Å². The van der Waals surface area contributed by atoms with Gasteiger partial charge in [0, 0.05) is 11.5 Å². The Morgan fingerprint density at radius 1 is 0.905 bits per heavy atom. The van der Waals surface area contributed by atoms with Gasteiger partial charge in [0.15, 0.2) is 0 Å². The summed E-state index contributed by atoms with van der Waals surface area (Å²) in [6.45, 7) is 0. The first-order chi connectivity index (χ1) is 10.3. The molecule has 0 aliphatic rings. The Bertz CT molecular complexity index is 887. The molecule has 4 heteroatoms. The highest BCUT2D eigenvalue weighted by molar-refractivity contribution is 5.85. The van der Waals surface area contributed by atoms with E-state index in [1.165, 1.54) is 0 Å². The van der Waals surface area contributed by atoms with Crippen molar-refractivity contribution < 1.29 is 4.74 Å². The number of nitrogens with zero attached hydrogens (tertiary/aromatic N) is 3. The molecule has 0 fully saturated rings. The Labute approximate surface area is 121 Å². The molecule has 1 aromatic heterocycles. The summed E-state index contributed by atoms with van der Waals surface area (Å²) in [6, 6.07) is 20.0. The van der Waals surface area contributed by atoms with Gasteiger partial charge in [-0.1, -0.05) is 18.2 Å². The molecule has 0 saturated heterocycles. The van der Waals surface area contributed by atoms with E-state index in [-0.39, 0.29) is 0 Å². The van der Waals surface area contributed by atoms with E-state index in [2.05, 4.69) is 11.1 Å². The summed E-state index contributed by atoms with van der Waals surface area (Å²) >= 11 is 0.